The van der Waals surface area contributed by atoms with E-state index in [1.165, 1.54) is 5.56 Å². The summed E-state index contributed by atoms with van der Waals surface area (Å²) in [6.45, 7) is 3.42. The van der Waals surface area contributed by atoms with Gasteiger partial charge >= 0.3 is 0 Å². The summed E-state index contributed by atoms with van der Waals surface area (Å²) in [5, 5.41) is 6.60. The lowest BCUT2D eigenvalue weighted by Gasteiger charge is -2.18. The number of methoxy groups -OCH3 is 2. The van der Waals surface area contributed by atoms with Crippen molar-refractivity contribution in [2.45, 2.75) is 19.4 Å². The average Bonchev–Trinajstić information content (AvgIpc) is 2.70. The zero-order chi connectivity index (χ0) is 19.5. The maximum atomic E-state index is 5.91. The van der Waals surface area contributed by atoms with Crippen molar-refractivity contribution in [3.63, 3.8) is 0 Å². The van der Waals surface area contributed by atoms with E-state index in [1.54, 1.807) is 21.3 Å². The van der Waals surface area contributed by atoms with Crippen LogP contribution in [0.3, 0.4) is 0 Å². The molecule has 2 rings (SSSR count). The minimum atomic E-state index is -0.0194. The molecule has 0 heterocycles. The lowest BCUT2D eigenvalue weighted by atomic mass is 10.1. The molecule has 0 aromatic heterocycles. The number of nitrogens with zero attached hydrogens (tertiary/aromatic N) is 1. The molecule has 0 bridgehead atoms. The zero-order valence-corrected chi connectivity index (χ0v) is 19.2. The maximum Gasteiger partial charge on any atom is 0.191 e. The molecule has 1 atom stereocenters. The van der Waals surface area contributed by atoms with Crippen LogP contribution in [0.15, 0.2) is 53.5 Å². The second-order valence-electron chi connectivity index (χ2n) is 6.09. The van der Waals surface area contributed by atoms with Crippen LogP contribution in [-0.4, -0.2) is 46.4 Å². The van der Waals surface area contributed by atoms with Gasteiger partial charge < -0.3 is 24.8 Å². The van der Waals surface area contributed by atoms with Crippen LogP contribution in [0.2, 0.25) is 0 Å². The van der Waals surface area contributed by atoms with Crippen LogP contribution in [-0.2, 0) is 6.42 Å². The van der Waals surface area contributed by atoms with E-state index in [4.69, 9.17) is 14.2 Å². The van der Waals surface area contributed by atoms with Gasteiger partial charge in [-0.3, -0.25) is 4.99 Å². The number of hydrogen-bond acceptors (Lipinski definition) is 4. The first-order valence-corrected chi connectivity index (χ1v) is 9.02. The standard InChI is InChI=1S/C21H29N3O3.HI/c1-16(27-20-10-6-9-19(14-20)26-4)15-24-21(22-2)23-12-11-17-7-5-8-18(13-17)25-3;/h5-10,13-14,16H,11-12,15H2,1-4H3,(H2,22,23,24);1H. The molecule has 2 N–H and O–H groups in total. The van der Waals surface area contributed by atoms with Crippen molar-refractivity contribution in [2.24, 2.45) is 4.99 Å². The van der Waals surface area contributed by atoms with Gasteiger partial charge in [-0.2, -0.15) is 0 Å². The molecule has 28 heavy (non-hydrogen) atoms. The van der Waals surface area contributed by atoms with Crippen LogP contribution in [0.5, 0.6) is 17.2 Å². The molecule has 0 aliphatic heterocycles. The molecule has 0 aliphatic carbocycles. The molecular weight excluding hydrogens is 469 g/mol. The van der Waals surface area contributed by atoms with Crippen molar-refractivity contribution in [3.05, 3.63) is 54.1 Å². The molecule has 0 amide bonds. The van der Waals surface area contributed by atoms with Crippen LogP contribution >= 0.6 is 24.0 Å². The van der Waals surface area contributed by atoms with Crippen LogP contribution in [0.25, 0.3) is 0 Å². The van der Waals surface area contributed by atoms with Gasteiger partial charge in [-0.15, -0.1) is 24.0 Å². The Bertz CT molecular complexity index is 740. The topological polar surface area (TPSA) is 64.1 Å². The third kappa shape index (κ3) is 8.24. The highest BCUT2D eigenvalue weighted by atomic mass is 127. The number of guanidine groups is 1. The van der Waals surface area contributed by atoms with Crippen molar-refractivity contribution in [1.82, 2.24) is 10.6 Å². The quantitative estimate of drug-likeness (QED) is 0.314. The number of halogens is 1. The predicted octanol–water partition coefficient (Wildman–Crippen LogP) is 3.50. The Balaban J connectivity index is 0.00000392. The Labute approximate surface area is 184 Å². The molecule has 0 spiro atoms. The smallest absolute Gasteiger partial charge is 0.191 e. The second kappa shape index (κ2) is 13.1. The van der Waals surface area contributed by atoms with Crippen LogP contribution in [0.4, 0.5) is 0 Å². The first-order valence-electron chi connectivity index (χ1n) is 9.02. The zero-order valence-electron chi connectivity index (χ0n) is 16.9. The number of ether oxygens (including phenoxy) is 3. The summed E-state index contributed by atoms with van der Waals surface area (Å²) in [5.74, 6) is 3.19. The van der Waals surface area contributed by atoms with E-state index in [1.807, 2.05) is 49.4 Å². The lowest BCUT2D eigenvalue weighted by Crippen LogP contribution is -2.42. The van der Waals surface area contributed by atoms with Crippen molar-refractivity contribution in [1.29, 1.82) is 0 Å². The van der Waals surface area contributed by atoms with Crippen molar-refractivity contribution in [2.75, 3.05) is 34.4 Å². The van der Waals surface area contributed by atoms with Crippen molar-refractivity contribution in [3.8, 4) is 17.2 Å². The van der Waals surface area contributed by atoms with Crippen LogP contribution in [0.1, 0.15) is 12.5 Å². The van der Waals surface area contributed by atoms with Gasteiger partial charge in [-0.25, -0.2) is 0 Å². The molecule has 154 valence electrons. The molecule has 0 aliphatic rings. The Morgan fingerprint density at radius 1 is 0.964 bits per heavy atom. The third-order valence-electron chi connectivity index (χ3n) is 4.00. The minimum Gasteiger partial charge on any atom is -0.497 e. The SMILES string of the molecule is CN=C(NCCc1cccc(OC)c1)NCC(C)Oc1cccc(OC)c1.I. The summed E-state index contributed by atoms with van der Waals surface area (Å²) in [6, 6.07) is 15.7. The highest BCUT2D eigenvalue weighted by Crippen LogP contribution is 2.19. The number of aliphatic imine (C=N–C) groups is 1. The number of hydrogen-bond donors (Lipinski definition) is 2. The van der Waals surface area contributed by atoms with E-state index >= 15 is 0 Å². The summed E-state index contributed by atoms with van der Waals surface area (Å²) in [5.41, 5.74) is 1.21. The molecule has 2 aromatic rings. The predicted molar refractivity (Wildman–Crippen MR) is 125 cm³/mol. The van der Waals surface area contributed by atoms with Crippen molar-refractivity contribution >= 4 is 29.9 Å². The second-order valence-corrected chi connectivity index (χ2v) is 6.09. The molecule has 7 heteroatoms. The fourth-order valence-electron chi connectivity index (χ4n) is 2.56. The molecule has 0 radical (unpaired) electrons. The van der Waals surface area contributed by atoms with Gasteiger partial charge in [0.1, 0.15) is 23.4 Å². The molecule has 6 nitrogen and oxygen atoms in total. The van der Waals surface area contributed by atoms with Crippen LogP contribution in [0, 0.1) is 0 Å². The molecule has 1 unspecified atom stereocenters. The van der Waals surface area contributed by atoms with Crippen molar-refractivity contribution < 1.29 is 14.2 Å². The highest BCUT2D eigenvalue weighted by Gasteiger charge is 2.06. The van der Waals surface area contributed by atoms with Gasteiger partial charge in [0.25, 0.3) is 0 Å². The molecule has 0 saturated carbocycles. The molecule has 0 saturated heterocycles. The Morgan fingerprint density at radius 3 is 2.29 bits per heavy atom. The average molecular weight is 499 g/mol. The van der Waals surface area contributed by atoms with Gasteiger partial charge in [0.15, 0.2) is 5.96 Å². The fraction of sp³-hybridized carbons (Fsp3) is 0.381. The summed E-state index contributed by atoms with van der Waals surface area (Å²) in [6.07, 6.45) is 0.863. The normalized spacial score (nSPS) is 11.8. The summed E-state index contributed by atoms with van der Waals surface area (Å²) < 4.78 is 16.4. The molecule has 0 fully saturated rings. The Kier molecular flexibility index (Phi) is 11.2. The maximum absolute atomic E-state index is 5.91. The largest absolute Gasteiger partial charge is 0.497 e. The monoisotopic (exact) mass is 499 g/mol. The fourth-order valence-corrected chi connectivity index (χ4v) is 2.56. The molecule has 2 aromatic carbocycles. The lowest BCUT2D eigenvalue weighted by molar-refractivity contribution is 0.223. The summed E-state index contributed by atoms with van der Waals surface area (Å²) in [7, 11) is 5.08. The first-order chi connectivity index (χ1) is 13.1. The minimum absolute atomic E-state index is 0. The van der Waals surface area contributed by atoms with E-state index in [0.29, 0.717) is 6.54 Å². The van der Waals surface area contributed by atoms with Crippen LogP contribution < -0.4 is 24.8 Å². The van der Waals surface area contributed by atoms with Gasteiger partial charge in [0, 0.05) is 19.7 Å². The van der Waals surface area contributed by atoms with E-state index in [2.05, 4.69) is 21.7 Å². The highest BCUT2D eigenvalue weighted by molar-refractivity contribution is 14.0. The van der Waals surface area contributed by atoms with E-state index in [-0.39, 0.29) is 30.1 Å². The number of rotatable bonds is 9. The Morgan fingerprint density at radius 2 is 1.61 bits per heavy atom. The summed E-state index contributed by atoms with van der Waals surface area (Å²) in [4.78, 5) is 4.25. The Hall–Kier alpha value is -2.16. The van der Waals surface area contributed by atoms with Gasteiger partial charge in [0.2, 0.25) is 0 Å². The first kappa shape index (κ1) is 23.9. The van der Waals surface area contributed by atoms with Gasteiger partial charge in [-0.1, -0.05) is 18.2 Å². The van der Waals surface area contributed by atoms with E-state index in [9.17, 15) is 0 Å². The summed E-state index contributed by atoms with van der Waals surface area (Å²) >= 11 is 0. The number of nitrogens with one attached hydrogen (secondary N) is 2. The van der Waals surface area contributed by atoms with Gasteiger partial charge in [-0.05, 0) is 43.2 Å². The third-order valence-corrected chi connectivity index (χ3v) is 4.00. The molecular formula is C21H30IN3O3. The van der Waals surface area contributed by atoms with Gasteiger partial charge in [0.05, 0.1) is 20.8 Å². The van der Waals surface area contributed by atoms with E-state index in [0.717, 1.165) is 36.2 Å². The number of benzene rings is 2. The van der Waals surface area contributed by atoms with E-state index < -0.39 is 0 Å².